The molecule has 2 aliphatic rings. The minimum absolute atomic E-state index is 0.0927. The van der Waals surface area contributed by atoms with Crippen LogP contribution in [0.3, 0.4) is 0 Å². The highest BCUT2D eigenvalue weighted by Crippen LogP contribution is 2.33. The van der Waals surface area contributed by atoms with Gasteiger partial charge in [-0.15, -0.1) is 0 Å². The fourth-order valence-corrected chi connectivity index (χ4v) is 7.73. The molecule has 9 heteroatoms. The molecule has 0 aromatic heterocycles. The zero-order chi connectivity index (χ0) is 25.2. The van der Waals surface area contributed by atoms with Gasteiger partial charge in [0.05, 0.1) is 23.0 Å². The molecule has 0 saturated carbocycles. The molecule has 1 aliphatic heterocycles. The van der Waals surface area contributed by atoms with Crippen molar-refractivity contribution in [1.82, 2.24) is 4.90 Å². The van der Waals surface area contributed by atoms with Gasteiger partial charge in [-0.2, -0.15) is 0 Å². The summed E-state index contributed by atoms with van der Waals surface area (Å²) in [5.41, 5.74) is 2.78. The van der Waals surface area contributed by atoms with Crippen LogP contribution in [0.15, 0.2) is 47.4 Å². The molecule has 3 atom stereocenters. The van der Waals surface area contributed by atoms with Gasteiger partial charge in [0.25, 0.3) is 0 Å². The second-order valence-electron chi connectivity index (χ2n) is 10.0. The molecule has 4 rings (SSSR count). The number of nitrogens with zero attached hydrogens (tertiary/aromatic N) is 1. The van der Waals surface area contributed by atoms with Crippen LogP contribution in [0.2, 0.25) is 5.02 Å². The summed E-state index contributed by atoms with van der Waals surface area (Å²) < 4.78 is 53.5. The first-order valence-corrected chi connectivity index (χ1v) is 16.3. The Bertz CT molecular complexity index is 1250. The number of aryl methyl sites for hydroxylation is 1. The number of ether oxygens (including phenoxy) is 1. The summed E-state index contributed by atoms with van der Waals surface area (Å²) in [4.78, 5) is 2.81. The van der Waals surface area contributed by atoms with Crippen molar-refractivity contribution in [3.05, 3.63) is 58.6 Å². The molecule has 0 radical (unpaired) electrons. The number of sulfone groups is 2. The smallest absolute Gasteiger partial charge is 0.178 e. The van der Waals surface area contributed by atoms with Gasteiger partial charge < -0.3 is 4.74 Å². The van der Waals surface area contributed by atoms with E-state index in [1.807, 2.05) is 6.07 Å². The fraction of sp³-hybridized carbons (Fsp3) is 0.538. The molecule has 2 aromatic rings. The second kappa shape index (κ2) is 10.8. The van der Waals surface area contributed by atoms with Crippen LogP contribution in [0.5, 0.6) is 5.75 Å². The quantitative estimate of drug-likeness (QED) is 0.475. The lowest BCUT2D eigenvalue weighted by Gasteiger charge is -2.35. The fourth-order valence-electron chi connectivity index (χ4n) is 5.38. The van der Waals surface area contributed by atoms with Crippen LogP contribution in [-0.2, 0) is 32.5 Å². The summed E-state index contributed by atoms with van der Waals surface area (Å²) in [5, 5.41) is 0.804. The number of likely N-dealkylation sites (tertiary alicyclic amines) is 1. The molecule has 0 N–H and O–H groups in total. The number of benzene rings is 2. The number of fused-ring (bicyclic) bond motifs is 1. The second-order valence-corrected chi connectivity index (χ2v) is 14.8. The Hall–Kier alpha value is -1.61. The van der Waals surface area contributed by atoms with Crippen molar-refractivity contribution in [3.8, 4) is 5.75 Å². The van der Waals surface area contributed by atoms with Gasteiger partial charge in [-0.1, -0.05) is 17.7 Å². The maximum Gasteiger partial charge on any atom is 0.178 e. The van der Waals surface area contributed by atoms with Crippen LogP contribution < -0.4 is 4.74 Å². The molecule has 1 saturated heterocycles. The van der Waals surface area contributed by atoms with Crippen molar-refractivity contribution in [1.29, 1.82) is 0 Å². The number of hydrogen-bond acceptors (Lipinski definition) is 6. The van der Waals surface area contributed by atoms with Gasteiger partial charge in [-0.3, -0.25) is 4.90 Å². The first-order valence-electron chi connectivity index (χ1n) is 12.2. The molecule has 6 nitrogen and oxygen atoms in total. The minimum Gasteiger partial charge on any atom is -0.493 e. The molecule has 2 aromatic carbocycles. The van der Waals surface area contributed by atoms with Gasteiger partial charge in [0, 0.05) is 35.8 Å². The number of rotatable bonds is 9. The van der Waals surface area contributed by atoms with Gasteiger partial charge in [-0.25, -0.2) is 16.8 Å². The maximum atomic E-state index is 12.5. The van der Waals surface area contributed by atoms with Gasteiger partial charge >= 0.3 is 0 Å². The largest absolute Gasteiger partial charge is 0.493 e. The average molecular weight is 540 g/mol. The molecule has 0 amide bonds. The lowest BCUT2D eigenvalue weighted by atomic mass is 9.87. The molecule has 1 fully saturated rings. The maximum absolute atomic E-state index is 12.5. The number of hydrogen-bond donors (Lipinski definition) is 0. The molecule has 3 unspecified atom stereocenters. The normalized spacial score (nSPS) is 23.2. The van der Waals surface area contributed by atoms with E-state index < -0.39 is 19.7 Å². The van der Waals surface area contributed by atoms with Crippen molar-refractivity contribution in [3.63, 3.8) is 0 Å². The summed E-state index contributed by atoms with van der Waals surface area (Å²) in [6, 6.07) is 13.7. The van der Waals surface area contributed by atoms with E-state index in [1.54, 1.807) is 24.3 Å². The molecule has 35 heavy (non-hydrogen) atoms. The van der Waals surface area contributed by atoms with E-state index in [2.05, 4.69) is 24.0 Å². The highest BCUT2D eigenvalue weighted by atomic mass is 35.5. The Morgan fingerprint density at radius 3 is 2.49 bits per heavy atom. The van der Waals surface area contributed by atoms with Gasteiger partial charge in [-0.05, 0) is 86.6 Å². The molecule has 0 spiro atoms. The van der Waals surface area contributed by atoms with Crippen molar-refractivity contribution < 1.29 is 21.6 Å². The van der Waals surface area contributed by atoms with Gasteiger partial charge in [0.2, 0.25) is 0 Å². The number of halogens is 1. The van der Waals surface area contributed by atoms with Crippen molar-refractivity contribution in [2.45, 2.75) is 56.0 Å². The van der Waals surface area contributed by atoms with E-state index in [1.165, 1.54) is 11.1 Å². The van der Waals surface area contributed by atoms with Gasteiger partial charge in [0.15, 0.2) is 9.84 Å². The summed E-state index contributed by atoms with van der Waals surface area (Å²) in [7, 11) is -6.69. The Balaban J connectivity index is 1.29. The highest BCUT2D eigenvalue weighted by molar-refractivity contribution is 7.92. The predicted octanol–water partition coefficient (Wildman–Crippen LogP) is 4.20. The molecule has 1 aliphatic carbocycles. The Kier molecular flexibility index (Phi) is 8.15. The van der Waals surface area contributed by atoms with Crippen LogP contribution in [0.1, 0.15) is 37.3 Å². The van der Waals surface area contributed by atoms with E-state index in [9.17, 15) is 16.8 Å². The highest BCUT2D eigenvalue weighted by Gasteiger charge is 2.35. The zero-order valence-corrected chi connectivity index (χ0v) is 22.7. The molecular formula is C26H34ClNO5S2. The summed E-state index contributed by atoms with van der Waals surface area (Å²) in [6.45, 7) is 3.88. The zero-order valence-electron chi connectivity index (χ0n) is 20.3. The molecular weight excluding hydrogens is 506 g/mol. The first kappa shape index (κ1) is 26.5. The lowest BCUT2D eigenvalue weighted by molar-refractivity contribution is 0.164. The summed E-state index contributed by atoms with van der Waals surface area (Å²) >= 11 is 6.22. The molecule has 0 bridgehead atoms. The van der Waals surface area contributed by atoms with Crippen molar-refractivity contribution in [2.75, 3.05) is 30.9 Å². The first-order chi connectivity index (χ1) is 16.5. The Morgan fingerprint density at radius 2 is 1.77 bits per heavy atom. The van der Waals surface area contributed by atoms with Crippen LogP contribution in [-0.4, -0.2) is 64.7 Å². The Labute approximate surface area is 214 Å². The van der Waals surface area contributed by atoms with Crippen molar-refractivity contribution in [2.24, 2.45) is 5.92 Å². The topological polar surface area (TPSA) is 80.8 Å². The third-order valence-corrected chi connectivity index (χ3v) is 10.2. The molecule has 1 heterocycles. The lowest BCUT2D eigenvalue weighted by Crippen LogP contribution is -2.41. The van der Waals surface area contributed by atoms with E-state index in [4.69, 9.17) is 16.3 Å². The summed E-state index contributed by atoms with van der Waals surface area (Å²) in [5.74, 6) is 0.747. The average Bonchev–Trinajstić information content (AvgIpc) is 3.17. The van der Waals surface area contributed by atoms with E-state index in [0.29, 0.717) is 30.4 Å². The van der Waals surface area contributed by atoms with Crippen molar-refractivity contribution >= 4 is 31.3 Å². The summed E-state index contributed by atoms with van der Waals surface area (Å²) in [6.07, 6.45) is 5.56. The third kappa shape index (κ3) is 7.00. The third-order valence-electron chi connectivity index (χ3n) is 7.15. The van der Waals surface area contributed by atoms with E-state index in [0.717, 1.165) is 43.5 Å². The van der Waals surface area contributed by atoms with Crippen LogP contribution >= 0.6 is 11.6 Å². The monoisotopic (exact) mass is 539 g/mol. The van der Waals surface area contributed by atoms with Crippen LogP contribution in [0.25, 0.3) is 0 Å². The Morgan fingerprint density at radius 1 is 1.03 bits per heavy atom. The van der Waals surface area contributed by atoms with Crippen LogP contribution in [0, 0.1) is 5.92 Å². The van der Waals surface area contributed by atoms with E-state index in [-0.39, 0.29) is 22.8 Å². The predicted molar refractivity (Wildman–Crippen MR) is 140 cm³/mol. The molecule has 192 valence electrons. The standard InChI is InChI=1S/C26H34ClNO5S2/c1-19-14-20(17-28(19)24-7-5-21-4-6-23(27)15-22(21)16-24)18-33-25-8-10-26(11-9-25)35(31,32)13-3-12-34(2,29)30/h4,6,8-11,15,19-20,24H,3,5,7,12-14,16-18H2,1-2H3. The van der Waals surface area contributed by atoms with Gasteiger partial charge in [0.1, 0.15) is 15.6 Å². The SMILES string of the molecule is CC1CC(COc2ccc(S(=O)(=O)CCCS(C)(=O)=O)cc2)CN1C1CCc2ccc(Cl)cc2C1. The van der Waals surface area contributed by atoms with E-state index >= 15 is 0 Å². The minimum atomic E-state index is -3.52. The van der Waals surface area contributed by atoms with Crippen LogP contribution in [0.4, 0.5) is 0 Å².